The molecule has 3 aliphatic rings. The van der Waals surface area contributed by atoms with Crippen molar-refractivity contribution in [1.29, 1.82) is 0 Å². The molecule has 4 rings (SSSR count). The Morgan fingerprint density at radius 2 is 1.97 bits per heavy atom. The molecule has 180 valence electrons. The minimum Gasteiger partial charge on any atom is -0.472 e. The third-order valence-electron chi connectivity index (χ3n) is 8.23. The van der Waals surface area contributed by atoms with Gasteiger partial charge in [0.15, 0.2) is 11.9 Å². The second-order valence-electron chi connectivity index (χ2n) is 10.2. The average molecular weight is 461 g/mol. The van der Waals surface area contributed by atoms with Crippen LogP contribution in [0.25, 0.3) is 0 Å². The van der Waals surface area contributed by atoms with Crippen molar-refractivity contribution in [3.63, 3.8) is 0 Å². The number of rotatable bonds is 5. The van der Waals surface area contributed by atoms with Crippen LogP contribution in [0, 0.1) is 28.6 Å². The van der Waals surface area contributed by atoms with Gasteiger partial charge in [-0.25, -0.2) is 0 Å². The smallest absolute Gasteiger partial charge is 0.310 e. The van der Waals surface area contributed by atoms with Gasteiger partial charge < -0.3 is 18.6 Å². The average Bonchev–Trinajstić information content (AvgIpc) is 3.29. The van der Waals surface area contributed by atoms with Crippen molar-refractivity contribution in [2.24, 2.45) is 28.6 Å². The number of ketones is 1. The fourth-order valence-corrected chi connectivity index (χ4v) is 6.68. The first kappa shape index (κ1) is 23.5. The minimum atomic E-state index is -1.04. The van der Waals surface area contributed by atoms with E-state index in [1.54, 1.807) is 12.3 Å². The summed E-state index contributed by atoms with van der Waals surface area (Å²) in [5.74, 6) is -3.19. The van der Waals surface area contributed by atoms with Gasteiger partial charge in [-0.15, -0.1) is 0 Å². The van der Waals surface area contributed by atoms with Crippen LogP contribution in [0.5, 0.6) is 0 Å². The topological polar surface area (TPSA) is 109 Å². The number of hydrogen-bond donors (Lipinski definition) is 0. The summed E-state index contributed by atoms with van der Waals surface area (Å²) in [6.07, 6.45) is 3.81. The summed E-state index contributed by atoms with van der Waals surface area (Å²) < 4.78 is 21.6. The van der Waals surface area contributed by atoms with Crippen molar-refractivity contribution in [3.8, 4) is 0 Å². The molecule has 1 saturated heterocycles. The predicted octanol–water partition coefficient (Wildman–Crippen LogP) is 3.78. The van der Waals surface area contributed by atoms with Gasteiger partial charge in [0.1, 0.15) is 6.10 Å². The Morgan fingerprint density at radius 3 is 2.61 bits per heavy atom. The Labute approximate surface area is 193 Å². The van der Waals surface area contributed by atoms with Gasteiger partial charge in [0.2, 0.25) is 0 Å². The van der Waals surface area contributed by atoms with Crippen molar-refractivity contribution >= 4 is 23.7 Å². The number of Topliss-reactive ketones (excluding diaryl/α,β-unsaturated/α-hetero) is 1. The van der Waals surface area contributed by atoms with E-state index in [2.05, 4.69) is 0 Å². The van der Waals surface area contributed by atoms with Gasteiger partial charge in [0, 0.05) is 24.3 Å². The predicted molar refractivity (Wildman–Crippen MR) is 115 cm³/mol. The normalized spacial score (nSPS) is 38.0. The van der Waals surface area contributed by atoms with Crippen LogP contribution in [-0.4, -0.2) is 36.9 Å². The number of furan rings is 1. The molecule has 2 saturated carbocycles. The van der Waals surface area contributed by atoms with Gasteiger partial charge in [0.25, 0.3) is 0 Å². The summed E-state index contributed by atoms with van der Waals surface area (Å²) in [4.78, 5) is 52.2. The van der Waals surface area contributed by atoms with E-state index in [1.807, 2.05) is 20.8 Å². The third-order valence-corrected chi connectivity index (χ3v) is 8.23. The molecule has 7 atom stereocenters. The van der Waals surface area contributed by atoms with Crippen LogP contribution >= 0.6 is 0 Å². The number of esters is 3. The Morgan fingerprint density at radius 1 is 1.21 bits per heavy atom. The fourth-order valence-electron chi connectivity index (χ4n) is 6.68. The molecule has 0 bridgehead atoms. The molecule has 1 aliphatic heterocycles. The summed E-state index contributed by atoms with van der Waals surface area (Å²) in [6.45, 7) is 5.74. The number of methoxy groups -OCH3 is 1. The van der Waals surface area contributed by atoms with Crippen LogP contribution in [0.15, 0.2) is 23.0 Å². The molecule has 0 radical (unpaired) electrons. The standard InChI is InChI=1S/C25H32O8/c1-5-6-19(26)32-17-11-16(22(28)30-4)24(2)9-7-15-23(29)33-18(14-8-10-31-13-14)12-25(15,3)21(24)20(17)27/h8,10,13,15-18,21H,5-7,9,11-12H2,1-4H3/t15?,16-,17-,18+,21?,24-,25-/m0/s1. The number of cyclic esters (lactones) is 1. The quantitative estimate of drug-likeness (QED) is 0.482. The van der Waals surface area contributed by atoms with E-state index in [4.69, 9.17) is 18.6 Å². The summed E-state index contributed by atoms with van der Waals surface area (Å²) in [5.41, 5.74) is -0.764. The first-order valence-electron chi connectivity index (χ1n) is 11.7. The molecule has 3 fully saturated rings. The molecule has 2 heterocycles. The number of ether oxygens (including phenoxy) is 3. The molecule has 8 heteroatoms. The lowest BCUT2D eigenvalue weighted by Crippen LogP contribution is -2.64. The summed E-state index contributed by atoms with van der Waals surface area (Å²) >= 11 is 0. The van der Waals surface area contributed by atoms with Gasteiger partial charge in [-0.2, -0.15) is 0 Å². The second kappa shape index (κ2) is 8.61. The lowest BCUT2D eigenvalue weighted by Gasteiger charge is -2.61. The van der Waals surface area contributed by atoms with Crippen LogP contribution in [-0.2, 0) is 33.4 Å². The molecule has 0 N–H and O–H groups in total. The highest BCUT2D eigenvalue weighted by atomic mass is 16.6. The molecular formula is C25H32O8. The monoisotopic (exact) mass is 460 g/mol. The summed E-state index contributed by atoms with van der Waals surface area (Å²) in [6, 6.07) is 1.75. The molecule has 33 heavy (non-hydrogen) atoms. The van der Waals surface area contributed by atoms with Crippen LogP contribution < -0.4 is 0 Å². The van der Waals surface area contributed by atoms with E-state index in [9.17, 15) is 19.2 Å². The maximum absolute atomic E-state index is 13.9. The van der Waals surface area contributed by atoms with Gasteiger partial charge in [0.05, 0.1) is 31.5 Å². The maximum atomic E-state index is 13.9. The van der Waals surface area contributed by atoms with E-state index in [0.717, 1.165) is 5.56 Å². The van der Waals surface area contributed by atoms with Crippen molar-refractivity contribution in [2.75, 3.05) is 7.11 Å². The second-order valence-corrected chi connectivity index (χ2v) is 10.2. The van der Waals surface area contributed by atoms with Crippen molar-refractivity contribution in [2.45, 2.75) is 71.5 Å². The zero-order valence-corrected chi connectivity index (χ0v) is 19.6. The fraction of sp³-hybridized carbons (Fsp3) is 0.680. The lowest BCUT2D eigenvalue weighted by molar-refractivity contribution is -0.210. The Balaban J connectivity index is 1.76. The molecule has 0 aromatic carbocycles. The van der Waals surface area contributed by atoms with Crippen molar-refractivity contribution in [3.05, 3.63) is 24.2 Å². The van der Waals surface area contributed by atoms with Crippen molar-refractivity contribution < 1.29 is 37.8 Å². The zero-order valence-electron chi connectivity index (χ0n) is 19.6. The largest absolute Gasteiger partial charge is 0.472 e. The summed E-state index contributed by atoms with van der Waals surface area (Å²) in [5, 5.41) is 0. The highest BCUT2D eigenvalue weighted by Crippen LogP contribution is 2.65. The molecule has 8 nitrogen and oxygen atoms in total. The minimum absolute atomic E-state index is 0.102. The first-order valence-corrected chi connectivity index (χ1v) is 11.7. The van der Waals surface area contributed by atoms with E-state index in [1.165, 1.54) is 13.4 Å². The number of carbonyl (C=O) groups excluding carboxylic acids is 4. The highest BCUT2D eigenvalue weighted by Gasteiger charge is 2.67. The van der Waals surface area contributed by atoms with E-state index < -0.39 is 52.7 Å². The third kappa shape index (κ3) is 3.77. The Bertz CT molecular complexity index is 936. The zero-order chi connectivity index (χ0) is 24.0. The molecule has 0 amide bonds. The molecule has 0 spiro atoms. The van der Waals surface area contributed by atoms with Gasteiger partial charge in [-0.1, -0.05) is 20.8 Å². The van der Waals surface area contributed by atoms with Gasteiger partial charge >= 0.3 is 17.9 Å². The van der Waals surface area contributed by atoms with Crippen LogP contribution in [0.1, 0.15) is 71.0 Å². The Kier molecular flexibility index (Phi) is 6.14. The molecule has 1 aromatic rings. The van der Waals surface area contributed by atoms with E-state index in [0.29, 0.717) is 25.7 Å². The molecule has 2 aliphatic carbocycles. The molecule has 1 aromatic heterocycles. The lowest BCUT2D eigenvalue weighted by atomic mass is 9.43. The molecule has 2 unspecified atom stereocenters. The van der Waals surface area contributed by atoms with Crippen LogP contribution in [0.2, 0.25) is 0 Å². The SMILES string of the molecule is CCCC(=O)O[C@H]1C[C@@H](C(=O)OC)[C@]2(C)CCC3C(=O)O[C@@H](c4ccoc4)C[C@]3(C)C2C1=O. The van der Waals surface area contributed by atoms with Crippen LogP contribution in [0.4, 0.5) is 0 Å². The highest BCUT2D eigenvalue weighted by molar-refractivity contribution is 5.93. The van der Waals surface area contributed by atoms with E-state index >= 15 is 0 Å². The Hall–Kier alpha value is -2.64. The molecular weight excluding hydrogens is 428 g/mol. The number of fused-ring (bicyclic) bond motifs is 3. The van der Waals surface area contributed by atoms with Crippen molar-refractivity contribution in [1.82, 2.24) is 0 Å². The maximum Gasteiger partial charge on any atom is 0.310 e. The van der Waals surface area contributed by atoms with Gasteiger partial charge in [-0.05, 0) is 42.6 Å². The van der Waals surface area contributed by atoms with Gasteiger partial charge in [-0.3, -0.25) is 19.2 Å². The van der Waals surface area contributed by atoms with E-state index in [-0.39, 0.29) is 24.6 Å². The number of hydrogen-bond acceptors (Lipinski definition) is 8. The first-order chi connectivity index (χ1) is 15.7. The number of carbonyl (C=O) groups is 4. The van der Waals surface area contributed by atoms with Crippen LogP contribution in [0.3, 0.4) is 0 Å². The summed E-state index contributed by atoms with van der Waals surface area (Å²) in [7, 11) is 1.33.